The molecule has 0 heterocycles. The molecule has 0 amide bonds. The molecule has 0 saturated heterocycles. The van der Waals surface area contributed by atoms with Crippen molar-refractivity contribution in [1.82, 2.24) is 5.32 Å². The molecule has 0 aliphatic heterocycles. The van der Waals surface area contributed by atoms with E-state index in [1.165, 1.54) is 55.2 Å². The van der Waals surface area contributed by atoms with Crippen LogP contribution in [0.5, 0.6) is 5.75 Å². The summed E-state index contributed by atoms with van der Waals surface area (Å²) < 4.78 is 12.2. The third kappa shape index (κ3) is 5.48. The van der Waals surface area contributed by atoms with Crippen LogP contribution in [0.15, 0.2) is 12.1 Å². The number of ether oxygens (including phenoxy) is 2. The summed E-state index contributed by atoms with van der Waals surface area (Å²) in [5.74, 6) is 2.99. The molecule has 0 spiro atoms. The van der Waals surface area contributed by atoms with Crippen molar-refractivity contribution in [2.75, 3.05) is 20.3 Å². The Kier molecular flexibility index (Phi) is 7.22. The Bertz CT molecular complexity index is 603. The first-order valence-electron chi connectivity index (χ1n) is 11.0. The highest BCUT2D eigenvalue weighted by Gasteiger charge is 2.32. The van der Waals surface area contributed by atoms with Gasteiger partial charge in [-0.25, -0.2) is 0 Å². The third-order valence-corrected chi connectivity index (χ3v) is 6.47. The molecular formula is C24H39NO2. The van der Waals surface area contributed by atoms with E-state index < -0.39 is 0 Å². The van der Waals surface area contributed by atoms with Gasteiger partial charge in [-0.1, -0.05) is 51.3 Å². The number of rotatable bonds is 10. The monoisotopic (exact) mass is 373 g/mol. The Morgan fingerprint density at radius 1 is 1.04 bits per heavy atom. The van der Waals surface area contributed by atoms with Gasteiger partial charge in [0.05, 0.1) is 0 Å². The van der Waals surface area contributed by atoms with E-state index in [-0.39, 0.29) is 6.10 Å². The van der Waals surface area contributed by atoms with E-state index in [0.717, 1.165) is 18.2 Å². The van der Waals surface area contributed by atoms with Crippen molar-refractivity contribution >= 4 is 0 Å². The van der Waals surface area contributed by atoms with E-state index in [9.17, 15) is 0 Å². The lowest BCUT2D eigenvalue weighted by Crippen LogP contribution is -2.38. The number of aryl methyl sites for hydroxylation is 1. The molecule has 3 rings (SSSR count). The quantitative estimate of drug-likeness (QED) is 0.582. The number of hydrogen-bond donors (Lipinski definition) is 1. The van der Waals surface area contributed by atoms with Crippen LogP contribution in [-0.2, 0) is 4.74 Å². The Hall–Kier alpha value is -1.06. The maximum atomic E-state index is 6.49. The fourth-order valence-electron chi connectivity index (χ4n) is 4.43. The zero-order valence-corrected chi connectivity index (χ0v) is 18.0. The van der Waals surface area contributed by atoms with Gasteiger partial charge in [-0.05, 0) is 61.5 Å². The normalized spacial score (nSPS) is 20.2. The average Bonchev–Trinajstić information content (AvgIpc) is 3.37. The molecule has 3 heteroatoms. The largest absolute Gasteiger partial charge is 0.490 e. The van der Waals surface area contributed by atoms with Crippen LogP contribution < -0.4 is 10.1 Å². The van der Waals surface area contributed by atoms with Gasteiger partial charge in [0.25, 0.3) is 0 Å². The molecule has 2 aliphatic carbocycles. The molecule has 0 radical (unpaired) electrons. The van der Waals surface area contributed by atoms with Gasteiger partial charge >= 0.3 is 0 Å². The van der Waals surface area contributed by atoms with Crippen molar-refractivity contribution in [2.24, 2.45) is 5.92 Å². The van der Waals surface area contributed by atoms with Gasteiger partial charge in [0.2, 0.25) is 0 Å². The first-order valence-corrected chi connectivity index (χ1v) is 11.0. The fraction of sp³-hybridized carbons (Fsp3) is 0.750. The van der Waals surface area contributed by atoms with Gasteiger partial charge in [0.15, 0.2) is 0 Å². The van der Waals surface area contributed by atoms with Gasteiger partial charge in [-0.2, -0.15) is 0 Å². The van der Waals surface area contributed by atoms with E-state index >= 15 is 0 Å². The first kappa shape index (κ1) is 20.7. The lowest BCUT2D eigenvalue weighted by Gasteiger charge is -2.25. The van der Waals surface area contributed by atoms with Gasteiger partial charge < -0.3 is 14.8 Å². The molecule has 3 nitrogen and oxygen atoms in total. The van der Waals surface area contributed by atoms with Crippen LogP contribution in [0.2, 0.25) is 0 Å². The summed E-state index contributed by atoms with van der Waals surface area (Å²) in [4.78, 5) is 0. The maximum absolute atomic E-state index is 6.49. The van der Waals surface area contributed by atoms with Gasteiger partial charge in [0, 0.05) is 19.7 Å². The molecule has 152 valence electrons. The second-order valence-corrected chi connectivity index (χ2v) is 9.11. The molecule has 2 unspecified atom stereocenters. The van der Waals surface area contributed by atoms with Crippen molar-refractivity contribution in [2.45, 2.75) is 90.2 Å². The van der Waals surface area contributed by atoms with Crippen molar-refractivity contribution in [1.29, 1.82) is 0 Å². The Morgan fingerprint density at radius 2 is 1.70 bits per heavy atom. The molecule has 1 N–H and O–H groups in total. The summed E-state index contributed by atoms with van der Waals surface area (Å²) in [6.07, 6.45) is 8.13. The highest BCUT2D eigenvalue weighted by molar-refractivity contribution is 5.48. The van der Waals surface area contributed by atoms with E-state index in [2.05, 4.69) is 45.1 Å². The summed E-state index contributed by atoms with van der Waals surface area (Å²) >= 11 is 0. The maximum Gasteiger partial charge on any atom is 0.126 e. The first-order chi connectivity index (χ1) is 13.0. The number of benzene rings is 1. The van der Waals surface area contributed by atoms with Crippen LogP contribution in [0.25, 0.3) is 0 Å². The third-order valence-electron chi connectivity index (χ3n) is 6.47. The molecule has 0 aromatic heterocycles. The number of methoxy groups -OCH3 is 1. The lowest BCUT2D eigenvalue weighted by atomic mass is 9.88. The minimum atomic E-state index is 0.0935. The molecule has 2 saturated carbocycles. The van der Waals surface area contributed by atoms with Crippen molar-refractivity contribution in [3.8, 4) is 5.75 Å². The van der Waals surface area contributed by atoms with Crippen molar-refractivity contribution < 1.29 is 9.47 Å². The molecule has 0 bridgehead atoms. The van der Waals surface area contributed by atoms with Gasteiger partial charge in [0.1, 0.15) is 18.5 Å². The topological polar surface area (TPSA) is 30.5 Å². The fourth-order valence-corrected chi connectivity index (χ4v) is 4.43. The zero-order valence-electron chi connectivity index (χ0n) is 18.0. The second kappa shape index (κ2) is 9.43. The lowest BCUT2D eigenvalue weighted by molar-refractivity contribution is 0.0553. The van der Waals surface area contributed by atoms with E-state index in [0.29, 0.717) is 24.5 Å². The average molecular weight is 374 g/mol. The van der Waals surface area contributed by atoms with Crippen LogP contribution in [0.3, 0.4) is 0 Å². The van der Waals surface area contributed by atoms with E-state index in [1.807, 2.05) is 0 Å². The Balaban J connectivity index is 1.71. The molecule has 2 fully saturated rings. The van der Waals surface area contributed by atoms with Crippen LogP contribution in [-0.4, -0.2) is 32.4 Å². The van der Waals surface area contributed by atoms with Crippen LogP contribution in [0.1, 0.15) is 87.8 Å². The summed E-state index contributed by atoms with van der Waals surface area (Å²) in [6, 6.07) is 5.32. The van der Waals surface area contributed by atoms with Gasteiger partial charge in [-0.3, -0.25) is 0 Å². The van der Waals surface area contributed by atoms with E-state index in [1.54, 1.807) is 7.11 Å². The Labute approximate surface area is 166 Å². The number of hydrogen-bond acceptors (Lipinski definition) is 3. The summed E-state index contributed by atoms with van der Waals surface area (Å²) in [5.41, 5.74) is 4.09. The van der Waals surface area contributed by atoms with E-state index in [4.69, 9.17) is 9.47 Å². The highest BCUT2D eigenvalue weighted by atomic mass is 16.5. The second-order valence-electron chi connectivity index (χ2n) is 9.11. The summed E-state index contributed by atoms with van der Waals surface area (Å²) in [5, 5.41) is 3.68. The molecule has 2 atom stereocenters. The van der Waals surface area contributed by atoms with Crippen LogP contribution in [0, 0.1) is 12.8 Å². The minimum Gasteiger partial charge on any atom is -0.490 e. The molecule has 1 aromatic rings. The standard InChI is InChI=1S/C24H39NO2/c1-16(2)22-12-17(3)13-23(18(4)19-10-11-19)24(22)27-15-21(26-5)14-25-20-8-6-7-9-20/h12-13,16,18-21,25H,6-11,14-15H2,1-5H3. The predicted octanol–water partition coefficient (Wildman–Crippen LogP) is 5.56. The summed E-state index contributed by atoms with van der Waals surface area (Å²) in [6.45, 7) is 10.6. The Morgan fingerprint density at radius 3 is 2.30 bits per heavy atom. The predicted molar refractivity (Wildman–Crippen MR) is 113 cm³/mol. The molecule has 27 heavy (non-hydrogen) atoms. The highest BCUT2D eigenvalue weighted by Crippen LogP contribution is 2.47. The van der Waals surface area contributed by atoms with Crippen molar-refractivity contribution in [3.05, 3.63) is 28.8 Å². The molecule has 2 aliphatic rings. The van der Waals surface area contributed by atoms with Crippen molar-refractivity contribution in [3.63, 3.8) is 0 Å². The zero-order chi connectivity index (χ0) is 19.4. The molecular weight excluding hydrogens is 334 g/mol. The van der Waals surface area contributed by atoms with Crippen LogP contribution in [0.4, 0.5) is 0 Å². The smallest absolute Gasteiger partial charge is 0.126 e. The number of nitrogens with one attached hydrogen (secondary N) is 1. The molecule has 1 aromatic carbocycles. The minimum absolute atomic E-state index is 0.0935. The van der Waals surface area contributed by atoms with Crippen LogP contribution >= 0.6 is 0 Å². The van der Waals surface area contributed by atoms with Gasteiger partial charge in [-0.15, -0.1) is 0 Å². The summed E-state index contributed by atoms with van der Waals surface area (Å²) in [7, 11) is 1.80. The SMILES string of the molecule is COC(CNC1CCCC1)COc1c(C(C)C)cc(C)cc1C(C)C1CC1.